The number of hydrogen-bond donors (Lipinski definition) is 0. The first kappa shape index (κ1) is 37.8. The van der Waals surface area contributed by atoms with E-state index in [1.54, 1.807) is 0 Å². The largest absolute Gasteiger partial charge is 0.460 e. The molecule has 7 nitrogen and oxygen atoms in total. The second kappa shape index (κ2) is 12.4. The van der Waals surface area contributed by atoms with Gasteiger partial charge in [0, 0.05) is 21.4 Å². The lowest BCUT2D eigenvalue weighted by Gasteiger charge is -2.38. The first-order valence-electron chi connectivity index (χ1n) is 9.42. The summed E-state index contributed by atoms with van der Waals surface area (Å²) in [6.07, 6.45) is -16.0. The summed E-state index contributed by atoms with van der Waals surface area (Å²) in [7, 11) is 0.681. The molecule has 2 atom stereocenters. The van der Waals surface area contributed by atoms with Crippen molar-refractivity contribution in [3.63, 3.8) is 0 Å². The summed E-state index contributed by atoms with van der Waals surface area (Å²) >= 11 is 0. The molecule has 0 saturated heterocycles. The molecule has 0 amide bonds. The highest BCUT2D eigenvalue weighted by atomic mass is 35.7. The van der Waals surface area contributed by atoms with Crippen LogP contribution in [0.25, 0.3) is 0 Å². The second-order valence-electron chi connectivity index (χ2n) is 7.17. The fraction of sp³-hybridized carbons (Fsp3) is 0.750. The summed E-state index contributed by atoms with van der Waals surface area (Å²) in [6, 6.07) is 0. The third kappa shape index (κ3) is 9.44. The van der Waals surface area contributed by atoms with Gasteiger partial charge in [-0.3, -0.25) is 0 Å². The maximum atomic E-state index is 15.0. The molecule has 0 heterocycles. The van der Waals surface area contributed by atoms with E-state index >= 15 is 8.78 Å². The Bertz CT molecular complexity index is 1020. The fourth-order valence-corrected chi connectivity index (χ4v) is 3.81. The predicted molar refractivity (Wildman–Crippen MR) is 109 cm³/mol. The summed E-state index contributed by atoms with van der Waals surface area (Å²) in [4.78, 5) is 0. The topological polar surface area (TPSA) is 96.0 Å². The number of rotatable bonds is 16. The van der Waals surface area contributed by atoms with Crippen LogP contribution in [0.15, 0.2) is 24.7 Å². The normalized spacial score (nSPS) is 17.3. The molecular formula is C16H16Cl2F12O7S2. The van der Waals surface area contributed by atoms with E-state index in [-0.39, 0.29) is 0 Å². The molecule has 0 aromatic carbocycles. The summed E-state index contributed by atoms with van der Waals surface area (Å²) < 4.78 is 217. The average molecular weight is 683 g/mol. The molecule has 0 rings (SSSR count). The Morgan fingerprint density at radius 3 is 1.05 bits per heavy atom. The van der Waals surface area contributed by atoms with Crippen LogP contribution in [0.1, 0.15) is 12.8 Å². The molecule has 2 unspecified atom stereocenters. The summed E-state index contributed by atoms with van der Waals surface area (Å²) in [5, 5.41) is 0. The van der Waals surface area contributed by atoms with Crippen LogP contribution in [0.4, 0.5) is 52.7 Å². The number of alkyl halides is 12. The second-order valence-corrected chi connectivity index (χ2v) is 13.0. The molecule has 0 radical (unpaired) electrons. The van der Waals surface area contributed by atoms with E-state index in [0.717, 1.165) is 0 Å². The minimum Gasteiger partial charge on any atom is -0.455 e. The lowest BCUT2D eigenvalue weighted by molar-refractivity contribution is -0.386. The Hall–Kier alpha value is -1.16. The van der Waals surface area contributed by atoms with Gasteiger partial charge < -0.3 is 14.2 Å². The molecular weight excluding hydrogens is 667 g/mol. The van der Waals surface area contributed by atoms with Gasteiger partial charge in [0.05, 0.1) is 24.7 Å². The first-order chi connectivity index (χ1) is 17.0. The molecule has 0 N–H and O–H groups in total. The standard InChI is InChI=1S/C16H16Cl2F12O7S2/c1-9(11(19,13(21,22)15(25,26)27)35-5-3-7-38(17,31)32)37-10(2)12(20,14(23,24)16(28,29)30)36-6-4-8-39(18,33)34/h1-8H2. The van der Waals surface area contributed by atoms with Crippen molar-refractivity contribution in [2.75, 3.05) is 24.7 Å². The van der Waals surface area contributed by atoms with E-state index in [1.807, 2.05) is 0 Å². The predicted octanol–water partition coefficient (Wildman–Crippen LogP) is 5.71. The zero-order chi connectivity index (χ0) is 31.5. The van der Waals surface area contributed by atoms with Gasteiger partial charge in [0.25, 0.3) is 0 Å². The number of ether oxygens (including phenoxy) is 3. The van der Waals surface area contributed by atoms with Crippen LogP contribution < -0.4 is 0 Å². The highest BCUT2D eigenvalue weighted by molar-refractivity contribution is 8.14. The fourth-order valence-electron chi connectivity index (χ4n) is 2.23. The Labute approximate surface area is 221 Å². The van der Waals surface area contributed by atoms with E-state index in [1.165, 1.54) is 0 Å². The molecule has 0 fully saturated rings. The van der Waals surface area contributed by atoms with Crippen molar-refractivity contribution in [2.24, 2.45) is 0 Å². The van der Waals surface area contributed by atoms with Crippen LogP contribution in [0.2, 0.25) is 0 Å². The highest BCUT2D eigenvalue weighted by Gasteiger charge is 2.77. The molecule has 0 aromatic heterocycles. The van der Waals surface area contributed by atoms with Gasteiger partial charge in [0.2, 0.25) is 18.1 Å². The monoisotopic (exact) mass is 682 g/mol. The van der Waals surface area contributed by atoms with Gasteiger partial charge in [-0.25, -0.2) is 16.8 Å². The van der Waals surface area contributed by atoms with Crippen molar-refractivity contribution in [3.8, 4) is 0 Å². The van der Waals surface area contributed by atoms with Crippen LogP contribution in [0, 0.1) is 0 Å². The van der Waals surface area contributed by atoms with Crippen LogP contribution in [-0.2, 0) is 32.3 Å². The molecule has 0 aliphatic heterocycles. The zero-order valence-electron chi connectivity index (χ0n) is 18.6. The quantitative estimate of drug-likeness (QED) is 0.0891. The van der Waals surface area contributed by atoms with Gasteiger partial charge in [-0.15, -0.1) is 0 Å². The van der Waals surface area contributed by atoms with Crippen LogP contribution in [0.3, 0.4) is 0 Å². The van der Waals surface area contributed by atoms with Crippen molar-refractivity contribution in [1.82, 2.24) is 0 Å². The highest BCUT2D eigenvalue weighted by Crippen LogP contribution is 2.53. The van der Waals surface area contributed by atoms with Crippen molar-refractivity contribution < 1.29 is 83.7 Å². The summed E-state index contributed by atoms with van der Waals surface area (Å²) in [6.45, 7) is 1.09. The third-order valence-corrected chi connectivity index (χ3v) is 6.63. The van der Waals surface area contributed by atoms with Crippen LogP contribution in [-0.4, -0.2) is 77.5 Å². The van der Waals surface area contributed by atoms with Gasteiger partial charge in [-0.1, -0.05) is 13.2 Å². The first-order valence-corrected chi connectivity index (χ1v) is 14.4. The molecule has 232 valence electrons. The van der Waals surface area contributed by atoms with E-state index in [4.69, 9.17) is 21.4 Å². The molecule has 0 aliphatic carbocycles. The maximum absolute atomic E-state index is 15.0. The van der Waals surface area contributed by atoms with Gasteiger partial charge in [0.1, 0.15) is 0 Å². The number of halogens is 14. The molecule has 39 heavy (non-hydrogen) atoms. The third-order valence-electron chi connectivity index (χ3n) is 4.15. The minimum absolute atomic E-state index is 1.08. The molecule has 0 aliphatic rings. The van der Waals surface area contributed by atoms with Crippen molar-refractivity contribution in [3.05, 3.63) is 24.7 Å². The average Bonchev–Trinajstić information content (AvgIpc) is 2.70. The van der Waals surface area contributed by atoms with E-state index in [0.29, 0.717) is 0 Å². The lowest BCUT2D eigenvalue weighted by atomic mass is 10.1. The van der Waals surface area contributed by atoms with E-state index in [9.17, 15) is 60.7 Å². The molecule has 0 bridgehead atoms. The van der Waals surface area contributed by atoms with E-state index in [2.05, 4.69) is 27.4 Å². The Balaban J connectivity index is 6.37. The van der Waals surface area contributed by atoms with Gasteiger partial charge in [0.15, 0.2) is 11.5 Å². The van der Waals surface area contributed by atoms with Crippen molar-refractivity contribution in [1.29, 1.82) is 0 Å². The lowest BCUT2D eigenvalue weighted by Crippen LogP contribution is -2.59. The maximum Gasteiger partial charge on any atom is 0.460 e. The molecule has 0 aromatic rings. The van der Waals surface area contributed by atoms with Crippen molar-refractivity contribution >= 4 is 39.5 Å². The van der Waals surface area contributed by atoms with Crippen LogP contribution >= 0.6 is 21.4 Å². The Morgan fingerprint density at radius 1 is 0.590 bits per heavy atom. The van der Waals surface area contributed by atoms with Crippen LogP contribution in [0.5, 0.6) is 0 Å². The SMILES string of the molecule is C=C(OC(=C)C(F)(OCCCS(=O)(=O)Cl)C(F)(F)C(F)(F)F)C(F)(OCCCS(=O)(=O)Cl)C(F)(F)C(F)(F)F. The molecule has 23 heteroatoms. The van der Waals surface area contributed by atoms with Crippen molar-refractivity contribution in [2.45, 2.75) is 48.7 Å². The number of hydrogen-bond acceptors (Lipinski definition) is 7. The zero-order valence-corrected chi connectivity index (χ0v) is 21.8. The van der Waals surface area contributed by atoms with Gasteiger partial charge >= 0.3 is 35.9 Å². The minimum atomic E-state index is -6.90. The van der Waals surface area contributed by atoms with E-state index < -0.39 is 103 Å². The Morgan fingerprint density at radius 2 is 0.846 bits per heavy atom. The van der Waals surface area contributed by atoms with Gasteiger partial charge in [-0.05, 0) is 12.8 Å². The van der Waals surface area contributed by atoms with Gasteiger partial charge in [-0.2, -0.15) is 52.7 Å². The molecule has 0 spiro atoms. The Kier molecular flexibility index (Phi) is 12.0. The summed E-state index contributed by atoms with van der Waals surface area (Å²) in [5.41, 5.74) is 0. The summed E-state index contributed by atoms with van der Waals surface area (Å²) in [5.74, 6) is -32.9. The smallest absolute Gasteiger partial charge is 0.455 e. The molecule has 0 saturated carbocycles.